The predicted octanol–water partition coefficient (Wildman–Crippen LogP) is 1.80. The minimum Gasteiger partial charge on any atom is -0.409 e. The second kappa shape index (κ2) is 5.90. The number of amidine groups is 1. The molecule has 0 fully saturated rings. The Morgan fingerprint density at radius 3 is 2.89 bits per heavy atom. The molecule has 1 unspecified atom stereocenters. The highest BCUT2D eigenvalue weighted by Gasteiger charge is 2.11. The van der Waals surface area contributed by atoms with E-state index in [-0.39, 0.29) is 17.7 Å². The van der Waals surface area contributed by atoms with E-state index in [2.05, 4.69) is 10.1 Å². The lowest BCUT2D eigenvalue weighted by atomic mass is 10.1. The van der Waals surface area contributed by atoms with Gasteiger partial charge in [-0.1, -0.05) is 30.3 Å². The second-order valence-corrected chi connectivity index (χ2v) is 5.58. The highest BCUT2D eigenvalue weighted by molar-refractivity contribution is 7.99. The van der Waals surface area contributed by atoms with Crippen LogP contribution in [0.25, 0.3) is 10.9 Å². The lowest BCUT2D eigenvalue weighted by molar-refractivity contribution is 0.300. The van der Waals surface area contributed by atoms with Gasteiger partial charge in [-0.15, -0.1) is 11.8 Å². The van der Waals surface area contributed by atoms with Crippen LogP contribution in [-0.4, -0.2) is 33.0 Å². The van der Waals surface area contributed by atoms with Crippen LogP contribution in [0.3, 0.4) is 0 Å². The Morgan fingerprint density at radius 1 is 1.47 bits per heavy atom. The van der Waals surface area contributed by atoms with Crippen molar-refractivity contribution < 1.29 is 10.3 Å². The summed E-state index contributed by atoms with van der Waals surface area (Å²) in [6.45, 7) is 1.97. The standard InChI is InChI=1S/C13H15N3O2S/c1-8(7-17)19-12-6-10(13(14)16-18)9-4-2-3-5-11(9)15-12/h2-6,8,17-18H,7H2,1H3,(H2,14,16). The molecule has 100 valence electrons. The van der Waals surface area contributed by atoms with Crippen LogP contribution >= 0.6 is 11.8 Å². The molecule has 4 N–H and O–H groups in total. The molecule has 0 aliphatic heterocycles. The van der Waals surface area contributed by atoms with Crippen LogP contribution in [0.15, 0.2) is 40.5 Å². The average Bonchev–Trinajstić information content (AvgIpc) is 2.45. The largest absolute Gasteiger partial charge is 0.409 e. The van der Waals surface area contributed by atoms with Gasteiger partial charge in [0.25, 0.3) is 0 Å². The molecule has 0 spiro atoms. The fourth-order valence-corrected chi connectivity index (χ4v) is 2.54. The van der Waals surface area contributed by atoms with Crippen LogP contribution in [0.5, 0.6) is 0 Å². The molecule has 1 heterocycles. The first-order valence-corrected chi connectivity index (χ1v) is 6.69. The number of nitrogens with zero attached hydrogens (tertiary/aromatic N) is 2. The Bertz CT molecular complexity index is 616. The number of thioether (sulfide) groups is 1. The molecule has 1 aromatic heterocycles. The summed E-state index contributed by atoms with van der Waals surface area (Å²) in [6.07, 6.45) is 0. The lowest BCUT2D eigenvalue weighted by Crippen LogP contribution is -2.14. The number of aromatic nitrogens is 1. The van der Waals surface area contributed by atoms with Crippen LogP contribution in [0.4, 0.5) is 0 Å². The van der Waals surface area contributed by atoms with E-state index in [9.17, 15) is 0 Å². The Balaban J connectivity index is 2.57. The van der Waals surface area contributed by atoms with E-state index >= 15 is 0 Å². The van der Waals surface area contributed by atoms with Gasteiger partial charge in [-0.05, 0) is 12.1 Å². The number of fused-ring (bicyclic) bond motifs is 1. The maximum Gasteiger partial charge on any atom is 0.170 e. The first-order chi connectivity index (χ1) is 9.15. The van der Waals surface area contributed by atoms with Crippen LogP contribution in [0, 0.1) is 0 Å². The number of aliphatic hydroxyl groups excluding tert-OH is 1. The first-order valence-electron chi connectivity index (χ1n) is 5.81. The summed E-state index contributed by atoms with van der Waals surface area (Å²) in [5, 5.41) is 22.6. The number of hydrogen-bond donors (Lipinski definition) is 3. The van der Waals surface area contributed by atoms with Gasteiger partial charge in [0, 0.05) is 16.2 Å². The van der Waals surface area contributed by atoms with Gasteiger partial charge in [-0.25, -0.2) is 4.98 Å². The summed E-state index contributed by atoms with van der Waals surface area (Å²) in [5.74, 6) is 0.0529. The van der Waals surface area contributed by atoms with Crippen molar-refractivity contribution in [3.63, 3.8) is 0 Å². The number of aliphatic hydroxyl groups is 1. The van der Waals surface area contributed by atoms with Crippen molar-refractivity contribution in [1.29, 1.82) is 0 Å². The molecule has 0 aliphatic rings. The Labute approximate surface area is 115 Å². The summed E-state index contributed by atoms with van der Waals surface area (Å²) in [6, 6.07) is 9.28. The van der Waals surface area contributed by atoms with Crippen molar-refractivity contribution in [2.24, 2.45) is 10.9 Å². The topological polar surface area (TPSA) is 91.7 Å². The van der Waals surface area contributed by atoms with Gasteiger partial charge in [-0.3, -0.25) is 0 Å². The highest BCUT2D eigenvalue weighted by atomic mass is 32.2. The van der Waals surface area contributed by atoms with E-state index in [1.54, 1.807) is 6.07 Å². The van der Waals surface area contributed by atoms with Crippen molar-refractivity contribution in [2.75, 3.05) is 6.61 Å². The highest BCUT2D eigenvalue weighted by Crippen LogP contribution is 2.26. The molecule has 0 radical (unpaired) electrons. The van der Waals surface area contributed by atoms with Gasteiger partial charge in [0.2, 0.25) is 0 Å². The molecule has 5 nitrogen and oxygen atoms in total. The van der Waals surface area contributed by atoms with Gasteiger partial charge in [-0.2, -0.15) is 0 Å². The SMILES string of the molecule is CC(CO)Sc1cc(/C(N)=N/O)c2ccccc2n1. The first kappa shape index (κ1) is 13.6. The number of rotatable bonds is 4. The minimum atomic E-state index is 0.0359. The number of para-hydroxylation sites is 1. The summed E-state index contributed by atoms with van der Waals surface area (Å²) in [5.41, 5.74) is 7.12. The molecule has 0 amide bonds. The quantitative estimate of drug-likeness (QED) is 0.260. The maximum atomic E-state index is 9.10. The van der Waals surface area contributed by atoms with E-state index in [0.717, 1.165) is 15.9 Å². The smallest absolute Gasteiger partial charge is 0.170 e. The van der Waals surface area contributed by atoms with Gasteiger partial charge in [0.1, 0.15) is 0 Å². The molecule has 0 saturated heterocycles. The second-order valence-electron chi connectivity index (χ2n) is 4.12. The summed E-state index contributed by atoms with van der Waals surface area (Å²) < 4.78 is 0. The molecule has 2 aromatic rings. The van der Waals surface area contributed by atoms with E-state index in [1.165, 1.54) is 11.8 Å². The molecule has 19 heavy (non-hydrogen) atoms. The fraction of sp³-hybridized carbons (Fsp3) is 0.231. The van der Waals surface area contributed by atoms with Crippen LogP contribution in [0.2, 0.25) is 0 Å². The summed E-state index contributed by atoms with van der Waals surface area (Å²) in [4.78, 5) is 4.50. The van der Waals surface area contributed by atoms with E-state index < -0.39 is 0 Å². The van der Waals surface area contributed by atoms with E-state index in [1.807, 2.05) is 31.2 Å². The van der Waals surface area contributed by atoms with E-state index in [4.69, 9.17) is 16.0 Å². The third-order valence-electron chi connectivity index (χ3n) is 2.66. The van der Waals surface area contributed by atoms with Crippen molar-refractivity contribution in [2.45, 2.75) is 17.2 Å². The van der Waals surface area contributed by atoms with Crippen LogP contribution in [0.1, 0.15) is 12.5 Å². The fourth-order valence-electron chi connectivity index (χ4n) is 1.72. The third kappa shape index (κ3) is 2.97. The third-order valence-corrected chi connectivity index (χ3v) is 3.66. The molecular formula is C13H15N3O2S. The van der Waals surface area contributed by atoms with Crippen molar-refractivity contribution in [1.82, 2.24) is 4.98 Å². The van der Waals surface area contributed by atoms with Crippen LogP contribution < -0.4 is 5.73 Å². The molecule has 0 saturated carbocycles. The minimum absolute atomic E-state index is 0.0359. The monoisotopic (exact) mass is 277 g/mol. The molecule has 1 aromatic carbocycles. The Kier molecular flexibility index (Phi) is 4.24. The van der Waals surface area contributed by atoms with Gasteiger partial charge >= 0.3 is 0 Å². The lowest BCUT2D eigenvalue weighted by Gasteiger charge is -2.10. The normalized spacial score (nSPS) is 13.7. The van der Waals surface area contributed by atoms with Gasteiger partial charge < -0.3 is 16.0 Å². The molecule has 0 aliphatic carbocycles. The summed E-state index contributed by atoms with van der Waals surface area (Å²) in [7, 11) is 0. The number of nitrogens with two attached hydrogens (primary N) is 1. The maximum absolute atomic E-state index is 9.10. The van der Waals surface area contributed by atoms with Crippen molar-refractivity contribution in [3.8, 4) is 0 Å². The molecule has 0 bridgehead atoms. The number of pyridine rings is 1. The average molecular weight is 277 g/mol. The number of oxime groups is 1. The van der Waals surface area contributed by atoms with Crippen molar-refractivity contribution in [3.05, 3.63) is 35.9 Å². The Hall–Kier alpha value is -1.79. The molecular weight excluding hydrogens is 262 g/mol. The summed E-state index contributed by atoms with van der Waals surface area (Å²) >= 11 is 1.45. The van der Waals surface area contributed by atoms with Gasteiger partial charge in [0.05, 0.1) is 17.1 Å². The van der Waals surface area contributed by atoms with Crippen LogP contribution in [-0.2, 0) is 0 Å². The zero-order valence-electron chi connectivity index (χ0n) is 10.4. The van der Waals surface area contributed by atoms with E-state index in [0.29, 0.717) is 5.56 Å². The molecule has 2 rings (SSSR count). The zero-order chi connectivity index (χ0) is 13.8. The molecule has 1 atom stereocenters. The Morgan fingerprint density at radius 2 is 2.21 bits per heavy atom. The zero-order valence-corrected chi connectivity index (χ0v) is 11.3. The predicted molar refractivity (Wildman–Crippen MR) is 76.7 cm³/mol. The number of hydrogen-bond acceptors (Lipinski definition) is 5. The molecule has 6 heteroatoms. The number of benzene rings is 1. The van der Waals surface area contributed by atoms with Gasteiger partial charge in [0.15, 0.2) is 5.84 Å². The van der Waals surface area contributed by atoms with Crippen molar-refractivity contribution >= 4 is 28.5 Å².